The van der Waals surface area contributed by atoms with Crippen molar-refractivity contribution < 1.29 is 18.0 Å². The molecule has 0 radical (unpaired) electrons. The van der Waals surface area contributed by atoms with Crippen molar-refractivity contribution >= 4 is 39.6 Å². The maximum atomic E-state index is 13.4. The average molecular weight is 461 g/mol. The number of para-hydroxylation sites is 2. The first-order valence-electron chi connectivity index (χ1n) is 10.3. The average Bonchev–Trinajstić information content (AvgIpc) is 3.07. The van der Waals surface area contributed by atoms with Gasteiger partial charge in [0.05, 0.1) is 16.6 Å². The van der Waals surface area contributed by atoms with Crippen molar-refractivity contribution in [3.8, 4) is 5.69 Å². The van der Waals surface area contributed by atoms with Crippen LogP contribution in [-0.4, -0.2) is 20.4 Å². The third-order valence-corrected chi connectivity index (χ3v) is 5.43. The van der Waals surface area contributed by atoms with Gasteiger partial charge in [0.1, 0.15) is 16.9 Å². The van der Waals surface area contributed by atoms with Gasteiger partial charge < -0.3 is 11.1 Å². The van der Waals surface area contributed by atoms with Crippen LogP contribution in [0.1, 0.15) is 21.5 Å². The zero-order valence-electron chi connectivity index (χ0n) is 17.9. The summed E-state index contributed by atoms with van der Waals surface area (Å²) in [5.74, 6) is -0.599. The zero-order chi connectivity index (χ0) is 24.0. The fraction of sp³-hybridized carbons (Fsp3) is 0.0800. The molecule has 3 aromatic carbocycles. The van der Waals surface area contributed by atoms with Gasteiger partial charge in [-0.25, -0.2) is 9.97 Å². The summed E-state index contributed by atoms with van der Waals surface area (Å²) in [6.07, 6.45) is -4.54. The van der Waals surface area contributed by atoms with Gasteiger partial charge in [0.25, 0.3) is 5.91 Å². The molecule has 0 bridgehead atoms. The van der Waals surface area contributed by atoms with Crippen molar-refractivity contribution in [2.24, 2.45) is 0 Å². The molecule has 0 aliphatic carbocycles. The number of hydrogen-bond acceptors (Lipinski definition) is 4. The second-order valence-corrected chi connectivity index (χ2v) is 7.85. The summed E-state index contributed by atoms with van der Waals surface area (Å²) in [7, 11) is 0. The lowest BCUT2D eigenvalue weighted by Gasteiger charge is -2.12. The van der Waals surface area contributed by atoms with E-state index in [4.69, 9.17) is 5.73 Å². The van der Waals surface area contributed by atoms with Gasteiger partial charge in [-0.3, -0.25) is 9.36 Å². The number of nitrogens with zero attached hydrogens (tertiary/aromatic N) is 3. The van der Waals surface area contributed by atoms with E-state index in [1.807, 2.05) is 13.0 Å². The molecule has 3 N–H and O–H groups in total. The van der Waals surface area contributed by atoms with Gasteiger partial charge in [-0.2, -0.15) is 13.2 Å². The maximum absolute atomic E-state index is 13.4. The molecular weight excluding hydrogens is 443 g/mol. The number of fused-ring (bicyclic) bond motifs is 2. The van der Waals surface area contributed by atoms with Crippen molar-refractivity contribution in [1.82, 2.24) is 14.5 Å². The molecular formula is C25H18F3N5O. The minimum Gasteiger partial charge on any atom is -0.384 e. The molecule has 0 aliphatic heterocycles. The molecule has 0 unspecified atom stereocenters. The number of carbonyl (C=O) groups is 1. The summed E-state index contributed by atoms with van der Waals surface area (Å²) < 4.78 is 41.5. The summed E-state index contributed by atoms with van der Waals surface area (Å²) in [4.78, 5) is 22.5. The number of alkyl halides is 3. The Balaban J connectivity index is 1.75. The molecule has 0 fully saturated rings. The van der Waals surface area contributed by atoms with Crippen molar-refractivity contribution in [1.29, 1.82) is 0 Å². The largest absolute Gasteiger partial charge is 0.416 e. The van der Waals surface area contributed by atoms with Crippen LogP contribution in [0, 0.1) is 6.92 Å². The normalized spacial score (nSPS) is 11.8. The first kappa shape index (κ1) is 21.4. The van der Waals surface area contributed by atoms with Crippen molar-refractivity contribution in [3.63, 3.8) is 0 Å². The predicted octanol–water partition coefficient (Wildman–Crippen LogP) is 5.74. The Morgan fingerprint density at radius 2 is 1.65 bits per heavy atom. The second-order valence-electron chi connectivity index (χ2n) is 7.85. The molecule has 5 rings (SSSR count). The van der Waals surface area contributed by atoms with Crippen LogP contribution in [0.15, 0.2) is 72.8 Å². The summed E-state index contributed by atoms with van der Waals surface area (Å²) >= 11 is 0. The van der Waals surface area contributed by atoms with Gasteiger partial charge >= 0.3 is 6.18 Å². The highest BCUT2D eigenvalue weighted by atomic mass is 19.4. The lowest BCUT2D eigenvalue weighted by atomic mass is 10.2. The smallest absolute Gasteiger partial charge is 0.384 e. The maximum Gasteiger partial charge on any atom is 0.416 e. The molecule has 0 saturated heterocycles. The monoisotopic (exact) mass is 461 g/mol. The molecule has 170 valence electrons. The Kier molecular flexibility index (Phi) is 4.97. The number of nitrogens with one attached hydrogen (secondary N) is 1. The van der Waals surface area contributed by atoms with E-state index >= 15 is 0 Å². The van der Waals surface area contributed by atoms with Crippen LogP contribution in [-0.2, 0) is 6.18 Å². The van der Waals surface area contributed by atoms with E-state index in [0.717, 1.165) is 17.7 Å². The minimum absolute atomic E-state index is 0.0344. The van der Waals surface area contributed by atoms with Crippen LogP contribution >= 0.6 is 0 Å². The Bertz CT molecular complexity index is 1570. The number of amides is 1. The standard InChI is InChI=1S/C25H18F3N5O/c1-14-6-4-8-16(12-14)30-24(34)20-21-23(32-19-11-3-2-10-18(19)31-21)33(22(20)29)17-9-5-7-15(13-17)25(26,27)28/h2-13H,29H2,1H3,(H,30,34). The lowest BCUT2D eigenvalue weighted by molar-refractivity contribution is -0.137. The number of carbonyl (C=O) groups excluding carboxylic acids is 1. The minimum atomic E-state index is -4.54. The van der Waals surface area contributed by atoms with Gasteiger partial charge in [-0.05, 0) is 55.0 Å². The third kappa shape index (κ3) is 3.71. The van der Waals surface area contributed by atoms with E-state index in [1.165, 1.54) is 16.7 Å². The Morgan fingerprint density at radius 3 is 2.35 bits per heavy atom. The van der Waals surface area contributed by atoms with Crippen molar-refractivity contribution in [2.75, 3.05) is 11.1 Å². The number of nitrogen functional groups attached to an aromatic ring is 1. The van der Waals surface area contributed by atoms with E-state index in [9.17, 15) is 18.0 Å². The predicted molar refractivity (Wildman–Crippen MR) is 125 cm³/mol. The molecule has 34 heavy (non-hydrogen) atoms. The highest BCUT2D eigenvalue weighted by molar-refractivity contribution is 6.16. The summed E-state index contributed by atoms with van der Waals surface area (Å²) in [5.41, 5.74) is 8.64. The zero-order valence-corrected chi connectivity index (χ0v) is 17.9. The molecule has 2 aromatic heterocycles. The Hall–Kier alpha value is -4.40. The van der Waals surface area contributed by atoms with Crippen LogP contribution in [0.3, 0.4) is 0 Å². The van der Waals surface area contributed by atoms with Crippen LogP contribution in [0.2, 0.25) is 0 Å². The molecule has 9 heteroatoms. The highest BCUT2D eigenvalue weighted by Gasteiger charge is 2.31. The van der Waals surface area contributed by atoms with E-state index < -0.39 is 17.6 Å². The number of aromatic nitrogens is 3. The quantitative estimate of drug-likeness (QED) is 0.359. The number of anilines is 2. The first-order valence-corrected chi connectivity index (χ1v) is 10.3. The molecule has 6 nitrogen and oxygen atoms in total. The Morgan fingerprint density at radius 1 is 0.941 bits per heavy atom. The lowest BCUT2D eigenvalue weighted by Crippen LogP contribution is -2.14. The highest BCUT2D eigenvalue weighted by Crippen LogP contribution is 2.35. The van der Waals surface area contributed by atoms with E-state index in [1.54, 1.807) is 42.5 Å². The molecule has 5 aromatic rings. The van der Waals surface area contributed by atoms with Crippen LogP contribution in [0.25, 0.3) is 27.9 Å². The molecule has 0 atom stereocenters. The van der Waals surface area contributed by atoms with E-state index in [-0.39, 0.29) is 28.2 Å². The second kappa shape index (κ2) is 7.87. The molecule has 2 heterocycles. The summed E-state index contributed by atoms with van der Waals surface area (Å²) in [6, 6.07) is 18.9. The third-order valence-electron chi connectivity index (χ3n) is 5.43. The van der Waals surface area contributed by atoms with E-state index in [0.29, 0.717) is 16.7 Å². The number of hydrogen-bond donors (Lipinski definition) is 2. The van der Waals surface area contributed by atoms with Gasteiger partial charge in [0.15, 0.2) is 5.65 Å². The fourth-order valence-electron chi connectivity index (χ4n) is 3.88. The van der Waals surface area contributed by atoms with Crippen molar-refractivity contribution in [3.05, 3.63) is 89.5 Å². The summed E-state index contributed by atoms with van der Waals surface area (Å²) in [5, 5.41) is 2.80. The molecule has 1 amide bonds. The van der Waals surface area contributed by atoms with Crippen LogP contribution in [0.5, 0.6) is 0 Å². The molecule has 0 spiro atoms. The number of benzene rings is 3. The van der Waals surface area contributed by atoms with Crippen LogP contribution in [0.4, 0.5) is 24.7 Å². The number of nitrogens with two attached hydrogens (primary N) is 1. The van der Waals surface area contributed by atoms with E-state index in [2.05, 4.69) is 15.3 Å². The van der Waals surface area contributed by atoms with Gasteiger partial charge in [0, 0.05) is 11.4 Å². The van der Waals surface area contributed by atoms with Crippen LogP contribution < -0.4 is 11.1 Å². The first-order chi connectivity index (χ1) is 16.2. The number of rotatable bonds is 3. The topological polar surface area (TPSA) is 85.8 Å². The SMILES string of the molecule is Cc1cccc(NC(=O)c2c(N)n(-c3cccc(C(F)(F)F)c3)c3nc4ccccc4nc23)c1. The molecule has 0 saturated carbocycles. The Labute approximate surface area is 191 Å². The number of aryl methyl sites for hydroxylation is 1. The fourth-order valence-corrected chi connectivity index (χ4v) is 3.88. The van der Waals surface area contributed by atoms with Gasteiger partial charge in [-0.15, -0.1) is 0 Å². The van der Waals surface area contributed by atoms with Crippen molar-refractivity contribution in [2.45, 2.75) is 13.1 Å². The van der Waals surface area contributed by atoms with Gasteiger partial charge in [-0.1, -0.05) is 30.3 Å². The molecule has 0 aliphatic rings. The summed E-state index contributed by atoms with van der Waals surface area (Å²) in [6.45, 7) is 1.89. The van der Waals surface area contributed by atoms with Gasteiger partial charge in [0.2, 0.25) is 0 Å². The number of halogens is 3.